The van der Waals surface area contributed by atoms with Gasteiger partial charge in [0.2, 0.25) is 0 Å². The highest BCUT2D eigenvalue weighted by Gasteiger charge is 2.31. The van der Waals surface area contributed by atoms with Gasteiger partial charge in [-0.15, -0.1) is 0 Å². The molecule has 0 aliphatic carbocycles. The molecular weight excluding hydrogens is 405 g/mol. The molecule has 0 saturated carbocycles. The fourth-order valence-corrected chi connectivity index (χ4v) is 3.53. The molecule has 140 valence electrons. The van der Waals surface area contributed by atoms with E-state index in [0.717, 1.165) is 0 Å². The number of hydrogen-bond acceptors (Lipinski definition) is 3. The van der Waals surface area contributed by atoms with Gasteiger partial charge in [-0.25, -0.2) is 0 Å². The van der Waals surface area contributed by atoms with Gasteiger partial charge in [0, 0.05) is 11.4 Å². The topological polar surface area (TPSA) is 62.4 Å². The van der Waals surface area contributed by atoms with Crippen LogP contribution in [0.25, 0.3) is 0 Å². The number of ether oxygens (including phenoxy) is 1. The molecule has 1 heterocycles. The van der Waals surface area contributed by atoms with Gasteiger partial charge in [0.05, 0.1) is 28.8 Å². The zero-order valence-electron chi connectivity index (χ0n) is 14.6. The molecule has 0 bridgehead atoms. The van der Waals surface area contributed by atoms with Crippen molar-refractivity contribution in [2.45, 2.75) is 13.0 Å². The fraction of sp³-hybridized carbons (Fsp3) is 0.158. The van der Waals surface area contributed by atoms with Gasteiger partial charge < -0.3 is 20.7 Å². The molecule has 3 N–H and O–H groups in total. The Morgan fingerprint density at radius 2 is 1.89 bits per heavy atom. The van der Waals surface area contributed by atoms with Gasteiger partial charge in [0.15, 0.2) is 5.11 Å². The van der Waals surface area contributed by atoms with Gasteiger partial charge in [-0.1, -0.05) is 35.3 Å². The number of methoxy groups -OCH3 is 1. The van der Waals surface area contributed by atoms with E-state index in [-0.39, 0.29) is 5.91 Å². The van der Waals surface area contributed by atoms with Crippen molar-refractivity contribution in [3.63, 3.8) is 0 Å². The molecule has 0 radical (unpaired) electrons. The first-order valence-electron chi connectivity index (χ1n) is 8.08. The van der Waals surface area contributed by atoms with E-state index < -0.39 is 6.04 Å². The first-order chi connectivity index (χ1) is 12.9. The Bertz CT molecular complexity index is 929. The van der Waals surface area contributed by atoms with Crippen molar-refractivity contribution in [1.29, 1.82) is 0 Å². The van der Waals surface area contributed by atoms with Crippen LogP contribution in [0.4, 0.5) is 5.69 Å². The maximum Gasteiger partial charge on any atom is 0.255 e. The van der Waals surface area contributed by atoms with Crippen molar-refractivity contribution in [3.8, 4) is 5.75 Å². The Kier molecular flexibility index (Phi) is 5.89. The molecule has 0 spiro atoms. The number of thiocarbonyl (C=S) groups is 1. The highest BCUT2D eigenvalue weighted by molar-refractivity contribution is 7.80. The van der Waals surface area contributed by atoms with Crippen LogP contribution in [0.3, 0.4) is 0 Å². The average Bonchev–Trinajstić information content (AvgIpc) is 2.64. The smallest absolute Gasteiger partial charge is 0.255 e. The Morgan fingerprint density at radius 3 is 2.56 bits per heavy atom. The highest BCUT2D eigenvalue weighted by Crippen LogP contribution is 2.35. The number of amides is 1. The lowest BCUT2D eigenvalue weighted by atomic mass is 9.95. The van der Waals surface area contributed by atoms with Crippen molar-refractivity contribution < 1.29 is 9.53 Å². The van der Waals surface area contributed by atoms with Crippen LogP contribution in [0.2, 0.25) is 10.0 Å². The molecule has 2 aromatic rings. The second-order valence-electron chi connectivity index (χ2n) is 5.90. The summed E-state index contributed by atoms with van der Waals surface area (Å²) in [4.78, 5) is 13.0. The molecule has 5 nitrogen and oxygen atoms in total. The third-order valence-corrected chi connectivity index (χ3v) is 5.21. The fourth-order valence-electron chi connectivity index (χ4n) is 2.84. The highest BCUT2D eigenvalue weighted by atomic mass is 35.5. The van der Waals surface area contributed by atoms with E-state index in [1.54, 1.807) is 50.4 Å². The van der Waals surface area contributed by atoms with Gasteiger partial charge in [-0.05, 0) is 55.0 Å². The van der Waals surface area contributed by atoms with Crippen LogP contribution < -0.4 is 20.7 Å². The molecule has 1 aliphatic rings. The summed E-state index contributed by atoms with van der Waals surface area (Å²) < 4.78 is 5.14. The number of anilines is 1. The minimum Gasteiger partial charge on any atom is -0.497 e. The van der Waals surface area contributed by atoms with Crippen LogP contribution >= 0.6 is 35.4 Å². The molecule has 27 heavy (non-hydrogen) atoms. The number of carbonyl (C=O) groups is 1. The Balaban J connectivity index is 1.95. The van der Waals surface area contributed by atoms with E-state index in [1.807, 2.05) is 6.07 Å². The lowest BCUT2D eigenvalue weighted by molar-refractivity contribution is -0.113. The van der Waals surface area contributed by atoms with Crippen LogP contribution in [0.15, 0.2) is 53.7 Å². The lowest BCUT2D eigenvalue weighted by Gasteiger charge is -2.31. The third kappa shape index (κ3) is 4.18. The van der Waals surface area contributed by atoms with Gasteiger partial charge in [-0.2, -0.15) is 0 Å². The first kappa shape index (κ1) is 19.5. The van der Waals surface area contributed by atoms with E-state index in [4.69, 9.17) is 40.2 Å². The summed E-state index contributed by atoms with van der Waals surface area (Å²) in [6.07, 6.45) is 0. The summed E-state index contributed by atoms with van der Waals surface area (Å²) in [6, 6.07) is 11.8. The molecule has 1 unspecified atom stereocenters. The zero-order valence-corrected chi connectivity index (χ0v) is 16.9. The van der Waals surface area contributed by atoms with Crippen LogP contribution in [0, 0.1) is 0 Å². The van der Waals surface area contributed by atoms with Crippen molar-refractivity contribution in [1.82, 2.24) is 10.6 Å². The summed E-state index contributed by atoms with van der Waals surface area (Å²) >= 11 is 17.8. The van der Waals surface area contributed by atoms with E-state index in [1.165, 1.54) is 0 Å². The first-order valence-corrected chi connectivity index (χ1v) is 9.24. The van der Waals surface area contributed by atoms with Gasteiger partial charge in [0.25, 0.3) is 5.91 Å². The molecule has 2 aromatic carbocycles. The van der Waals surface area contributed by atoms with Gasteiger partial charge in [0.1, 0.15) is 5.75 Å². The standard InChI is InChI=1S/C19H17Cl2N3O2S/c1-10-15(18(25)23-11-6-8-12(26-2)9-7-11)17(24-19(27)22-10)13-4-3-5-14(20)16(13)21/h3-9,17H,1-2H3,(H,23,25)(H2,22,24,27). The molecule has 1 aliphatic heterocycles. The van der Waals surface area contributed by atoms with Gasteiger partial charge in [-0.3, -0.25) is 4.79 Å². The Labute approximate surface area is 172 Å². The van der Waals surface area contributed by atoms with Crippen molar-refractivity contribution in [2.75, 3.05) is 12.4 Å². The zero-order chi connectivity index (χ0) is 19.6. The van der Waals surface area contributed by atoms with Crippen LogP contribution in [0.1, 0.15) is 18.5 Å². The second kappa shape index (κ2) is 8.17. The molecule has 0 saturated heterocycles. The monoisotopic (exact) mass is 421 g/mol. The normalized spacial score (nSPS) is 16.4. The number of carbonyl (C=O) groups excluding carboxylic acids is 1. The Hall–Kier alpha value is -2.28. The molecule has 1 amide bonds. The molecule has 1 atom stereocenters. The summed E-state index contributed by atoms with van der Waals surface area (Å²) in [5.41, 5.74) is 2.44. The minimum absolute atomic E-state index is 0.277. The second-order valence-corrected chi connectivity index (χ2v) is 7.09. The number of rotatable bonds is 4. The number of hydrogen-bond donors (Lipinski definition) is 3. The van der Waals surface area contributed by atoms with Crippen molar-refractivity contribution >= 4 is 52.1 Å². The number of nitrogens with one attached hydrogen (secondary N) is 3. The predicted octanol–water partition coefficient (Wildman–Crippen LogP) is 4.43. The van der Waals surface area contributed by atoms with E-state index in [2.05, 4.69) is 16.0 Å². The maximum atomic E-state index is 13.0. The molecule has 0 aromatic heterocycles. The molecule has 8 heteroatoms. The third-order valence-electron chi connectivity index (χ3n) is 4.15. The summed E-state index contributed by atoms with van der Waals surface area (Å²) in [5, 5.41) is 10.2. The van der Waals surface area contributed by atoms with Crippen molar-refractivity contribution in [3.05, 3.63) is 69.3 Å². The molecule has 0 fully saturated rings. The minimum atomic E-state index is -0.525. The maximum absolute atomic E-state index is 13.0. The summed E-state index contributed by atoms with van der Waals surface area (Å²) in [5.74, 6) is 0.430. The lowest BCUT2D eigenvalue weighted by Crippen LogP contribution is -2.45. The Morgan fingerprint density at radius 1 is 1.19 bits per heavy atom. The largest absolute Gasteiger partial charge is 0.497 e. The SMILES string of the molecule is COc1ccc(NC(=O)C2=C(C)NC(=S)NC2c2cccc(Cl)c2Cl)cc1. The summed E-state index contributed by atoms with van der Waals surface area (Å²) in [7, 11) is 1.59. The molecule has 3 rings (SSSR count). The quantitative estimate of drug-likeness (QED) is 0.637. The van der Waals surface area contributed by atoms with Crippen LogP contribution in [-0.4, -0.2) is 18.1 Å². The number of halogens is 2. The number of benzene rings is 2. The van der Waals surface area contributed by atoms with E-state index in [0.29, 0.717) is 43.4 Å². The van der Waals surface area contributed by atoms with Crippen LogP contribution in [0.5, 0.6) is 5.75 Å². The average molecular weight is 422 g/mol. The van der Waals surface area contributed by atoms with Gasteiger partial charge >= 0.3 is 0 Å². The van der Waals surface area contributed by atoms with Crippen LogP contribution in [-0.2, 0) is 4.79 Å². The van der Waals surface area contributed by atoms with Crippen molar-refractivity contribution in [2.24, 2.45) is 0 Å². The van der Waals surface area contributed by atoms with E-state index >= 15 is 0 Å². The molecular formula is C19H17Cl2N3O2S. The number of allylic oxidation sites excluding steroid dienone is 1. The summed E-state index contributed by atoms with van der Waals surface area (Å²) in [6.45, 7) is 1.79. The predicted molar refractivity (Wildman–Crippen MR) is 112 cm³/mol. The van der Waals surface area contributed by atoms with E-state index in [9.17, 15) is 4.79 Å².